The Kier molecular flexibility index (Phi) is 4.88. The molecule has 0 aromatic heterocycles. The zero-order valence-corrected chi connectivity index (χ0v) is 12.4. The highest BCUT2D eigenvalue weighted by molar-refractivity contribution is 5.97. The normalized spacial score (nSPS) is 18.9. The zero-order chi connectivity index (χ0) is 14.5. The first-order valence-electron chi connectivity index (χ1n) is 7.41. The lowest BCUT2D eigenvalue weighted by molar-refractivity contribution is 0.0597. The van der Waals surface area contributed by atoms with Crippen molar-refractivity contribution in [1.29, 1.82) is 0 Å². The molecule has 1 aliphatic heterocycles. The summed E-state index contributed by atoms with van der Waals surface area (Å²) < 4.78 is 5.31. The molecule has 0 saturated carbocycles. The van der Waals surface area contributed by atoms with Crippen molar-refractivity contribution >= 4 is 11.6 Å². The Morgan fingerprint density at radius 2 is 2.25 bits per heavy atom. The van der Waals surface area contributed by atoms with E-state index in [0.29, 0.717) is 23.0 Å². The largest absolute Gasteiger partial charge is 0.496 e. The second-order valence-electron chi connectivity index (χ2n) is 5.40. The smallest absolute Gasteiger partial charge is 0.257 e. The van der Waals surface area contributed by atoms with Crippen molar-refractivity contribution in [1.82, 2.24) is 4.90 Å². The number of nitrogens with two attached hydrogens (primary N) is 1. The maximum absolute atomic E-state index is 12.8. The fourth-order valence-corrected chi connectivity index (χ4v) is 2.94. The van der Waals surface area contributed by atoms with Gasteiger partial charge < -0.3 is 15.4 Å². The Bertz CT molecular complexity index is 472. The minimum absolute atomic E-state index is 0.0694. The van der Waals surface area contributed by atoms with Crippen LogP contribution in [-0.2, 0) is 0 Å². The van der Waals surface area contributed by atoms with E-state index in [9.17, 15) is 4.79 Å². The van der Waals surface area contributed by atoms with Crippen LogP contribution in [0.5, 0.6) is 5.75 Å². The Morgan fingerprint density at radius 3 is 2.95 bits per heavy atom. The van der Waals surface area contributed by atoms with Crippen LogP contribution in [-0.4, -0.2) is 30.5 Å². The zero-order valence-electron chi connectivity index (χ0n) is 12.4. The van der Waals surface area contributed by atoms with E-state index in [2.05, 4.69) is 6.92 Å². The van der Waals surface area contributed by atoms with Gasteiger partial charge in [-0.2, -0.15) is 0 Å². The first kappa shape index (κ1) is 14.7. The molecule has 1 atom stereocenters. The van der Waals surface area contributed by atoms with E-state index < -0.39 is 0 Å². The molecule has 1 unspecified atom stereocenters. The summed E-state index contributed by atoms with van der Waals surface area (Å²) in [5.41, 5.74) is 6.98. The summed E-state index contributed by atoms with van der Waals surface area (Å²) >= 11 is 0. The summed E-state index contributed by atoms with van der Waals surface area (Å²) in [4.78, 5) is 14.8. The fourth-order valence-electron chi connectivity index (χ4n) is 2.94. The number of piperidine rings is 1. The van der Waals surface area contributed by atoms with Gasteiger partial charge in [0.25, 0.3) is 5.91 Å². The molecule has 110 valence electrons. The van der Waals surface area contributed by atoms with Gasteiger partial charge in [-0.15, -0.1) is 0 Å². The van der Waals surface area contributed by atoms with Crippen molar-refractivity contribution in [3.05, 3.63) is 23.8 Å². The number of benzene rings is 1. The average molecular weight is 276 g/mol. The summed E-state index contributed by atoms with van der Waals surface area (Å²) in [6, 6.07) is 5.61. The number of rotatable bonds is 4. The predicted octanol–water partition coefficient (Wildman–Crippen LogP) is 3.07. The van der Waals surface area contributed by atoms with Gasteiger partial charge in [0.2, 0.25) is 0 Å². The first-order chi connectivity index (χ1) is 9.67. The summed E-state index contributed by atoms with van der Waals surface area (Å²) in [5.74, 6) is 0.635. The Hall–Kier alpha value is -1.71. The highest BCUT2D eigenvalue weighted by Gasteiger charge is 2.28. The van der Waals surface area contributed by atoms with Crippen LogP contribution in [0.3, 0.4) is 0 Å². The van der Waals surface area contributed by atoms with E-state index in [1.54, 1.807) is 25.3 Å². The van der Waals surface area contributed by atoms with Gasteiger partial charge >= 0.3 is 0 Å². The molecule has 1 heterocycles. The van der Waals surface area contributed by atoms with Crippen molar-refractivity contribution in [3.63, 3.8) is 0 Å². The highest BCUT2D eigenvalue weighted by Crippen LogP contribution is 2.27. The number of ether oxygens (including phenoxy) is 1. The Morgan fingerprint density at radius 1 is 1.45 bits per heavy atom. The molecule has 0 bridgehead atoms. The van der Waals surface area contributed by atoms with Crippen molar-refractivity contribution in [2.75, 3.05) is 19.4 Å². The number of likely N-dealkylation sites (tertiary alicyclic amines) is 1. The molecule has 0 aliphatic carbocycles. The molecule has 4 heteroatoms. The van der Waals surface area contributed by atoms with Gasteiger partial charge in [0.1, 0.15) is 5.75 Å². The van der Waals surface area contributed by atoms with Gasteiger partial charge in [-0.3, -0.25) is 4.79 Å². The maximum atomic E-state index is 12.8. The highest BCUT2D eigenvalue weighted by atomic mass is 16.5. The van der Waals surface area contributed by atoms with E-state index in [1.165, 1.54) is 6.42 Å². The summed E-state index contributed by atoms with van der Waals surface area (Å²) in [5, 5.41) is 0. The van der Waals surface area contributed by atoms with E-state index in [0.717, 1.165) is 32.2 Å². The number of anilines is 1. The van der Waals surface area contributed by atoms with Gasteiger partial charge in [0.15, 0.2) is 0 Å². The van der Waals surface area contributed by atoms with E-state index in [4.69, 9.17) is 10.5 Å². The quantitative estimate of drug-likeness (QED) is 0.860. The molecule has 2 N–H and O–H groups in total. The molecule has 1 saturated heterocycles. The predicted molar refractivity (Wildman–Crippen MR) is 81.0 cm³/mol. The lowest BCUT2D eigenvalue weighted by atomic mass is 9.97. The molecule has 1 aromatic carbocycles. The van der Waals surface area contributed by atoms with Crippen LogP contribution in [0.2, 0.25) is 0 Å². The second kappa shape index (κ2) is 6.64. The minimum Gasteiger partial charge on any atom is -0.496 e. The molecule has 1 aromatic rings. The van der Waals surface area contributed by atoms with E-state index in [1.807, 2.05) is 4.90 Å². The number of carbonyl (C=O) groups excluding carboxylic acids is 1. The maximum Gasteiger partial charge on any atom is 0.257 e. The van der Waals surface area contributed by atoms with E-state index >= 15 is 0 Å². The number of carbonyl (C=O) groups is 1. The van der Waals surface area contributed by atoms with Gasteiger partial charge in [-0.05, 0) is 37.8 Å². The topological polar surface area (TPSA) is 55.6 Å². The van der Waals surface area contributed by atoms with Crippen LogP contribution in [0, 0.1) is 0 Å². The molecule has 1 fully saturated rings. The van der Waals surface area contributed by atoms with E-state index in [-0.39, 0.29) is 5.91 Å². The van der Waals surface area contributed by atoms with Gasteiger partial charge in [0.05, 0.1) is 12.7 Å². The number of amides is 1. The van der Waals surface area contributed by atoms with Crippen LogP contribution in [0.4, 0.5) is 5.69 Å². The number of hydrogen-bond acceptors (Lipinski definition) is 3. The lowest BCUT2D eigenvalue weighted by Crippen LogP contribution is -2.43. The van der Waals surface area contributed by atoms with Crippen LogP contribution in [0.25, 0.3) is 0 Å². The molecule has 1 aliphatic rings. The number of hydrogen-bond donors (Lipinski definition) is 1. The fraction of sp³-hybridized carbons (Fsp3) is 0.562. The molecule has 0 radical (unpaired) electrons. The van der Waals surface area contributed by atoms with Gasteiger partial charge in [-0.1, -0.05) is 13.3 Å². The molecular weight excluding hydrogens is 252 g/mol. The second-order valence-corrected chi connectivity index (χ2v) is 5.40. The van der Waals surface area contributed by atoms with Crippen molar-refractivity contribution < 1.29 is 9.53 Å². The molecule has 20 heavy (non-hydrogen) atoms. The SMILES string of the molecule is CCCC1CCCCN1C(=O)c1ccc(N)cc1OC. The summed E-state index contributed by atoms with van der Waals surface area (Å²) in [6.07, 6.45) is 5.59. The standard InChI is InChI=1S/C16H24N2O2/c1-3-6-13-7-4-5-10-18(13)16(19)14-9-8-12(17)11-15(14)20-2/h8-9,11,13H,3-7,10,17H2,1-2H3. The summed E-state index contributed by atoms with van der Waals surface area (Å²) in [7, 11) is 1.57. The third-order valence-corrected chi connectivity index (χ3v) is 3.97. The van der Waals surface area contributed by atoms with Crippen molar-refractivity contribution in [2.24, 2.45) is 0 Å². The lowest BCUT2D eigenvalue weighted by Gasteiger charge is -2.36. The van der Waals surface area contributed by atoms with Crippen LogP contribution in [0.1, 0.15) is 49.4 Å². The Labute approximate surface area is 120 Å². The van der Waals surface area contributed by atoms with Gasteiger partial charge in [0, 0.05) is 24.3 Å². The van der Waals surface area contributed by atoms with Crippen LogP contribution in [0.15, 0.2) is 18.2 Å². The monoisotopic (exact) mass is 276 g/mol. The minimum atomic E-state index is 0.0694. The summed E-state index contributed by atoms with van der Waals surface area (Å²) in [6.45, 7) is 3.01. The van der Waals surface area contributed by atoms with Crippen molar-refractivity contribution in [3.8, 4) is 5.75 Å². The molecule has 2 rings (SSSR count). The molecule has 0 spiro atoms. The van der Waals surface area contributed by atoms with Crippen LogP contribution < -0.4 is 10.5 Å². The third-order valence-electron chi connectivity index (χ3n) is 3.97. The Balaban J connectivity index is 2.24. The number of nitrogens with zero attached hydrogens (tertiary/aromatic N) is 1. The number of methoxy groups -OCH3 is 1. The first-order valence-corrected chi connectivity index (χ1v) is 7.41. The molecular formula is C16H24N2O2. The number of nitrogen functional groups attached to an aromatic ring is 1. The molecule has 4 nitrogen and oxygen atoms in total. The van der Waals surface area contributed by atoms with Gasteiger partial charge in [-0.25, -0.2) is 0 Å². The average Bonchev–Trinajstić information content (AvgIpc) is 2.47. The van der Waals surface area contributed by atoms with Crippen LogP contribution >= 0.6 is 0 Å². The van der Waals surface area contributed by atoms with Crippen molar-refractivity contribution in [2.45, 2.75) is 45.1 Å². The molecule has 1 amide bonds. The third kappa shape index (κ3) is 3.06.